The molecule has 1 aliphatic carbocycles. The predicted octanol–water partition coefficient (Wildman–Crippen LogP) is 1.90. The number of benzene rings is 1. The van der Waals surface area contributed by atoms with Crippen LogP contribution in [0.3, 0.4) is 0 Å². The van der Waals surface area contributed by atoms with E-state index in [9.17, 15) is 9.90 Å². The van der Waals surface area contributed by atoms with Crippen molar-refractivity contribution in [2.75, 3.05) is 0 Å². The molecule has 1 heterocycles. The van der Waals surface area contributed by atoms with Crippen molar-refractivity contribution in [1.29, 1.82) is 0 Å². The Kier molecular flexibility index (Phi) is 3.03. The Bertz CT molecular complexity index is 619. The van der Waals surface area contributed by atoms with Gasteiger partial charge in [0.15, 0.2) is 0 Å². The van der Waals surface area contributed by atoms with E-state index in [1.54, 1.807) is 12.1 Å². The van der Waals surface area contributed by atoms with Crippen LogP contribution in [0.5, 0.6) is 0 Å². The van der Waals surface area contributed by atoms with Crippen molar-refractivity contribution in [2.24, 2.45) is 0 Å². The fraction of sp³-hybridized carbons (Fsp3) is 0.357. The lowest BCUT2D eigenvalue weighted by molar-refractivity contribution is 0.0695. The van der Waals surface area contributed by atoms with Gasteiger partial charge in [-0.15, -0.1) is 5.10 Å². The molecule has 0 bridgehead atoms. The first-order valence-corrected chi connectivity index (χ1v) is 6.48. The molecular formula is C14H15N3O2. The van der Waals surface area contributed by atoms with Gasteiger partial charge in [-0.25, -0.2) is 9.48 Å². The number of aryl methyl sites for hydroxylation is 1. The zero-order valence-corrected chi connectivity index (χ0v) is 10.5. The van der Waals surface area contributed by atoms with E-state index in [0.717, 1.165) is 42.6 Å². The lowest BCUT2D eigenvalue weighted by atomic mass is 10.0. The SMILES string of the molecule is O=C(O)c1ccccc1Cn1nnc2c1CCCC2. The van der Waals surface area contributed by atoms with Crippen LogP contribution in [0.2, 0.25) is 0 Å². The molecule has 0 radical (unpaired) electrons. The number of rotatable bonds is 3. The van der Waals surface area contributed by atoms with Gasteiger partial charge in [0.1, 0.15) is 0 Å². The molecule has 1 aromatic carbocycles. The van der Waals surface area contributed by atoms with Crippen molar-refractivity contribution in [3.05, 3.63) is 46.8 Å². The summed E-state index contributed by atoms with van der Waals surface area (Å²) in [5.74, 6) is -0.899. The van der Waals surface area contributed by atoms with Gasteiger partial charge >= 0.3 is 5.97 Å². The molecule has 2 aromatic rings. The standard InChI is InChI=1S/C14H15N3O2/c18-14(19)11-6-2-1-5-10(11)9-17-13-8-4-3-7-12(13)15-16-17/h1-2,5-6H,3-4,7-9H2,(H,18,19). The van der Waals surface area contributed by atoms with Crippen molar-refractivity contribution < 1.29 is 9.90 Å². The molecule has 5 heteroatoms. The normalized spacial score (nSPS) is 14.1. The first-order chi connectivity index (χ1) is 9.25. The van der Waals surface area contributed by atoms with Crippen LogP contribution < -0.4 is 0 Å². The van der Waals surface area contributed by atoms with Gasteiger partial charge in [-0.1, -0.05) is 23.4 Å². The number of aromatic nitrogens is 3. The van der Waals surface area contributed by atoms with Crippen molar-refractivity contribution >= 4 is 5.97 Å². The monoisotopic (exact) mass is 257 g/mol. The molecule has 98 valence electrons. The maximum atomic E-state index is 11.2. The summed E-state index contributed by atoms with van der Waals surface area (Å²) in [6.45, 7) is 0.477. The minimum atomic E-state index is -0.899. The van der Waals surface area contributed by atoms with E-state index in [4.69, 9.17) is 0 Å². The van der Waals surface area contributed by atoms with Crippen LogP contribution in [0.15, 0.2) is 24.3 Å². The van der Waals surface area contributed by atoms with Gasteiger partial charge in [0.25, 0.3) is 0 Å². The molecule has 1 aromatic heterocycles. The van der Waals surface area contributed by atoms with Gasteiger partial charge in [0.2, 0.25) is 0 Å². The number of aromatic carboxylic acids is 1. The zero-order valence-electron chi connectivity index (χ0n) is 10.5. The summed E-state index contributed by atoms with van der Waals surface area (Å²) in [6, 6.07) is 7.05. The van der Waals surface area contributed by atoms with Crippen LogP contribution in [0.25, 0.3) is 0 Å². The summed E-state index contributed by atoms with van der Waals surface area (Å²) >= 11 is 0. The number of hydrogen-bond acceptors (Lipinski definition) is 3. The highest BCUT2D eigenvalue weighted by atomic mass is 16.4. The summed E-state index contributed by atoms with van der Waals surface area (Å²) < 4.78 is 1.84. The molecule has 1 N–H and O–H groups in total. The van der Waals surface area contributed by atoms with Crippen LogP contribution in [-0.4, -0.2) is 26.1 Å². The molecule has 0 amide bonds. The van der Waals surface area contributed by atoms with E-state index in [1.807, 2.05) is 16.8 Å². The second kappa shape index (κ2) is 4.84. The van der Waals surface area contributed by atoms with Gasteiger partial charge in [0, 0.05) is 0 Å². The molecule has 5 nitrogen and oxygen atoms in total. The third-order valence-electron chi connectivity index (χ3n) is 3.56. The van der Waals surface area contributed by atoms with Crippen LogP contribution in [0.4, 0.5) is 0 Å². The Morgan fingerprint density at radius 2 is 2.05 bits per heavy atom. The largest absolute Gasteiger partial charge is 0.478 e. The number of hydrogen-bond donors (Lipinski definition) is 1. The second-order valence-corrected chi connectivity index (χ2v) is 4.81. The molecule has 19 heavy (non-hydrogen) atoms. The van der Waals surface area contributed by atoms with E-state index >= 15 is 0 Å². The topological polar surface area (TPSA) is 68.0 Å². The van der Waals surface area contributed by atoms with Crippen LogP contribution in [0, 0.1) is 0 Å². The lowest BCUT2D eigenvalue weighted by Crippen LogP contribution is -2.12. The Morgan fingerprint density at radius 3 is 2.89 bits per heavy atom. The fourth-order valence-electron chi connectivity index (χ4n) is 2.58. The van der Waals surface area contributed by atoms with Gasteiger partial charge in [0.05, 0.1) is 23.5 Å². The van der Waals surface area contributed by atoms with Crippen molar-refractivity contribution in [2.45, 2.75) is 32.2 Å². The van der Waals surface area contributed by atoms with E-state index < -0.39 is 5.97 Å². The minimum absolute atomic E-state index is 0.336. The minimum Gasteiger partial charge on any atom is -0.478 e. The Hall–Kier alpha value is -2.17. The smallest absolute Gasteiger partial charge is 0.336 e. The van der Waals surface area contributed by atoms with E-state index in [2.05, 4.69) is 10.3 Å². The predicted molar refractivity (Wildman–Crippen MR) is 69.2 cm³/mol. The molecule has 0 aliphatic heterocycles. The average Bonchev–Trinajstić information content (AvgIpc) is 2.83. The van der Waals surface area contributed by atoms with Gasteiger partial charge < -0.3 is 5.11 Å². The van der Waals surface area contributed by atoms with Crippen LogP contribution >= 0.6 is 0 Å². The number of carboxylic acids is 1. The highest BCUT2D eigenvalue weighted by molar-refractivity contribution is 5.89. The maximum absolute atomic E-state index is 11.2. The van der Waals surface area contributed by atoms with Crippen LogP contribution in [-0.2, 0) is 19.4 Å². The average molecular weight is 257 g/mol. The Morgan fingerprint density at radius 1 is 1.26 bits per heavy atom. The fourth-order valence-corrected chi connectivity index (χ4v) is 2.58. The molecule has 0 unspecified atom stereocenters. The summed E-state index contributed by atoms with van der Waals surface area (Å²) in [4.78, 5) is 11.2. The summed E-state index contributed by atoms with van der Waals surface area (Å²) in [7, 11) is 0. The van der Waals surface area contributed by atoms with Gasteiger partial charge in [-0.05, 0) is 37.3 Å². The lowest BCUT2D eigenvalue weighted by Gasteiger charge is -2.13. The van der Waals surface area contributed by atoms with Crippen molar-refractivity contribution in [3.63, 3.8) is 0 Å². The third kappa shape index (κ3) is 2.23. The van der Waals surface area contributed by atoms with E-state index in [0.29, 0.717) is 12.1 Å². The quantitative estimate of drug-likeness (QED) is 0.911. The Balaban J connectivity index is 1.94. The van der Waals surface area contributed by atoms with Gasteiger partial charge in [-0.3, -0.25) is 0 Å². The highest BCUT2D eigenvalue weighted by Gasteiger charge is 2.18. The van der Waals surface area contributed by atoms with Crippen LogP contribution in [0.1, 0.15) is 40.2 Å². The highest BCUT2D eigenvalue weighted by Crippen LogP contribution is 2.20. The van der Waals surface area contributed by atoms with Crippen molar-refractivity contribution in [1.82, 2.24) is 15.0 Å². The van der Waals surface area contributed by atoms with E-state index in [-0.39, 0.29) is 0 Å². The molecule has 1 aliphatic rings. The molecule has 0 spiro atoms. The van der Waals surface area contributed by atoms with Gasteiger partial charge in [-0.2, -0.15) is 0 Å². The maximum Gasteiger partial charge on any atom is 0.336 e. The Labute approximate surface area is 110 Å². The zero-order chi connectivity index (χ0) is 13.2. The number of nitrogens with zero attached hydrogens (tertiary/aromatic N) is 3. The number of carboxylic acid groups (broad SMARTS) is 1. The first kappa shape index (κ1) is 11.9. The second-order valence-electron chi connectivity index (χ2n) is 4.81. The van der Waals surface area contributed by atoms with Crippen molar-refractivity contribution in [3.8, 4) is 0 Å². The molecule has 0 fully saturated rings. The summed E-state index contributed by atoms with van der Waals surface area (Å²) in [5.41, 5.74) is 3.33. The summed E-state index contributed by atoms with van der Waals surface area (Å²) in [6.07, 6.45) is 4.28. The molecule has 0 saturated carbocycles. The van der Waals surface area contributed by atoms with E-state index in [1.165, 1.54) is 0 Å². The molecule has 0 saturated heterocycles. The first-order valence-electron chi connectivity index (χ1n) is 6.48. The molecular weight excluding hydrogens is 242 g/mol. The number of carbonyl (C=O) groups is 1. The molecule has 3 rings (SSSR count). The molecule has 0 atom stereocenters. The number of fused-ring (bicyclic) bond motifs is 1. The third-order valence-corrected chi connectivity index (χ3v) is 3.56. The summed E-state index contributed by atoms with van der Waals surface area (Å²) in [5, 5.41) is 17.5.